The smallest absolute Gasteiger partial charge is 0.319 e. The van der Waals surface area contributed by atoms with Crippen LogP contribution in [0.1, 0.15) is 15.9 Å². The fraction of sp³-hybridized carbons (Fsp3) is 0.222. The number of amides is 3. The summed E-state index contributed by atoms with van der Waals surface area (Å²) in [6.45, 7) is 0.660. The van der Waals surface area contributed by atoms with Gasteiger partial charge in [0.2, 0.25) is 6.79 Å². The van der Waals surface area contributed by atoms with E-state index in [1.165, 1.54) is 13.1 Å². The second-order valence-corrected chi connectivity index (χ2v) is 6.00. The quantitative estimate of drug-likeness (QED) is 0.749. The molecule has 0 radical (unpaired) electrons. The molecule has 0 saturated heterocycles. The van der Waals surface area contributed by atoms with Crippen LogP contribution in [-0.4, -0.2) is 32.3 Å². The molecule has 136 valence electrons. The Labute approximate surface area is 155 Å². The number of nitrogens with one attached hydrogen (secondary N) is 3. The van der Waals surface area contributed by atoms with Gasteiger partial charge in [0.25, 0.3) is 5.91 Å². The topological polar surface area (TPSA) is 88.7 Å². The second kappa shape index (κ2) is 7.97. The fourth-order valence-corrected chi connectivity index (χ4v) is 2.65. The number of carbonyl (C=O) groups is 2. The van der Waals surface area contributed by atoms with Crippen LogP contribution in [-0.2, 0) is 6.42 Å². The van der Waals surface area contributed by atoms with Gasteiger partial charge in [0, 0.05) is 19.2 Å². The number of benzene rings is 2. The Morgan fingerprint density at radius 2 is 1.92 bits per heavy atom. The maximum Gasteiger partial charge on any atom is 0.319 e. The third-order valence-electron chi connectivity index (χ3n) is 3.84. The minimum atomic E-state index is -0.401. The van der Waals surface area contributed by atoms with Crippen LogP contribution < -0.4 is 25.4 Å². The highest BCUT2D eigenvalue weighted by Gasteiger charge is 2.13. The average Bonchev–Trinajstić information content (AvgIpc) is 3.10. The molecule has 3 N–H and O–H groups in total. The lowest BCUT2D eigenvalue weighted by Crippen LogP contribution is -2.30. The number of halogens is 1. The van der Waals surface area contributed by atoms with Gasteiger partial charge >= 0.3 is 6.03 Å². The highest BCUT2D eigenvalue weighted by atomic mass is 35.5. The Morgan fingerprint density at radius 1 is 1.12 bits per heavy atom. The summed E-state index contributed by atoms with van der Waals surface area (Å²) in [6.07, 6.45) is 0.635. The van der Waals surface area contributed by atoms with Gasteiger partial charge in [-0.1, -0.05) is 17.7 Å². The standard InChI is InChI=1S/C18H18ClN3O4/c1-20-17(23)12-3-4-13(19)14(9-12)22-18(24)21-7-6-11-2-5-15-16(8-11)26-10-25-15/h2-5,8-9H,6-7,10H2,1H3,(H,20,23)(H2,21,22,24). The minimum Gasteiger partial charge on any atom is -0.454 e. The van der Waals surface area contributed by atoms with Gasteiger partial charge in [0.15, 0.2) is 11.5 Å². The molecule has 7 nitrogen and oxygen atoms in total. The molecule has 0 unspecified atom stereocenters. The summed E-state index contributed by atoms with van der Waals surface area (Å²) in [5.41, 5.74) is 1.80. The molecule has 1 aliphatic heterocycles. The second-order valence-electron chi connectivity index (χ2n) is 5.59. The van der Waals surface area contributed by atoms with Crippen molar-refractivity contribution in [1.82, 2.24) is 10.6 Å². The van der Waals surface area contributed by atoms with Crippen molar-refractivity contribution >= 4 is 29.2 Å². The van der Waals surface area contributed by atoms with E-state index in [2.05, 4.69) is 16.0 Å². The molecule has 0 atom stereocenters. The van der Waals surface area contributed by atoms with Gasteiger partial charge in [-0.3, -0.25) is 4.79 Å². The summed E-state index contributed by atoms with van der Waals surface area (Å²) in [6, 6.07) is 9.95. The number of fused-ring (bicyclic) bond motifs is 1. The summed E-state index contributed by atoms with van der Waals surface area (Å²) in [5.74, 6) is 1.18. The molecule has 2 aromatic rings. The number of carbonyl (C=O) groups excluding carboxylic acids is 2. The lowest BCUT2D eigenvalue weighted by molar-refractivity contribution is 0.0963. The summed E-state index contributed by atoms with van der Waals surface area (Å²) in [7, 11) is 1.53. The Kier molecular flexibility index (Phi) is 5.48. The number of anilines is 1. The number of urea groups is 1. The zero-order chi connectivity index (χ0) is 18.5. The molecular formula is C18H18ClN3O4. The largest absolute Gasteiger partial charge is 0.454 e. The zero-order valence-corrected chi connectivity index (χ0v) is 14.9. The first-order valence-electron chi connectivity index (χ1n) is 8.02. The molecule has 0 saturated carbocycles. The molecule has 0 aromatic heterocycles. The van der Waals surface area contributed by atoms with Gasteiger partial charge in [0.1, 0.15) is 0 Å². The van der Waals surface area contributed by atoms with Gasteiger partial charge in [-0.15, -0.1) is 0 Å². The third kappa shape index (κ3) is 4.18. The van der Waals surface area contributed by atoms with E-state index >= 15 is 0 Å². The normalized spacial score (nSPS) is 11.8. The lowest BCUT2D eigenvalue weighted by Gasteiger charge is -2.10. The predicted octanol–water partition coefficient (Wildman–Crippen LogP) is 2.79. The van der Waals surface area contributed by atoms with E-state index in [0.29, 0.717) is 35.0 Å². The van der Waals surface area contributed by atoms with Crippen molar-refractivity contribution in [2.24, 2.45) is 0 Å². The Hall–Kier alpha value is -2.93. The van der Waals surface area contributed by atoms with E-state index in [4.69, 9.17) is 21.1 Å². The monoisotopic (exact) mass is 375 g/mol. The third-order valence-corrected chi connectivity index (χ3v) is 4.17. The first-order valence-corrected chi connectivity index (χ1v) is 8.39. The molecular weight excluding hydrogens is 358 g/mol. The van der Waals surface area contributed by atoms with E-state index in [1.807, 2.05) is 18.2 Å². The Bertz CT molecular complexity index is 841. The molecule has 8 heteroatoms. The summed E-state index contributed by atoms with van der Waals surface area (Å²) < 4.78 is 10.6. The Morgan fingerprint density at radius 3 is 2.73 bits per heavy atom. The zero-order valence-electron chi connectivity index (χ0n) is 14.1. The van der Waals surface area contributed by atoms with Crippen LogP contribution in [0.15, 0.2) is 36.4 Å². The van der Waals surface area contributed by atoms with Crippen LogP contribution in [0.25, 0.3) is 0 Å². The van der Waals surface area contributed by atoms with Crippen LogP contribution in [0.3, 0.4) is 0 Å². The van der Waals surface area contributed by atoms with Crippen LogP contribution in [0.2, 0.25) is 5.02 Å². The van der Waals surface area contributed by atoms with Gasteiger partial charge in [-0.25, -0.2) is 4.79 Å². The maximum absolute atomic E-state index is 12.1. The van der Waals surface area contributed by atoms with E-state index in [9.17, 15) is 9.59 Å². The highest BCUT2D eigenvalue weighted by Crippen LogP contribution is 2.32. The molecule has 0 bridgehead atoms. The van der Waals surface area contributed by atoms with Crippen molar-refractivity contribution in [3.8, 4) is 11.5 Å². The van der Waals surface area contributed by atoms with Crippen LogP contribution >= 0.6 is 11.6 Å². The first-order chi connectivity index (χ1) is 12.6. The summed E-state index contributed by atoms with van der Waals surface area (Å²) >= 11 is 6.07. The number of ether oxygens (including phenoxy) is 2. The minimum absolute atomic E-state index is 0.231. The van der Waals surface area contributed by atoms with Crippen LogP contribution in [0.4, 0.5) is 10.5 Å². The van der Waals surface area contributed by atoms with Crippen molar-refractivity contribution in [2.45, 2.75) is 6.42 Å². The van der Waals surface area contributed by atoms with Crippen molar-refractivity contribution < 1.29 is 19.1 Å². The van der Waals surface area contributed by atoms with Gasteiger partial charge in [-0.05, 0) is 42.3 Å². The molecule has 26 heavy (non-hydrogen) atoms. The van der Waals surface area contributed by atoms with Crippen molar-refractivity contribution in [1.29, 1.82) is 0 Å². The summed E-state index contributed by atoms with van der Waals surface area (Å²) in [5, 5.41) is 8.28. The molecule has 0 aliphatic carbocycles. The molecule has 2 aromatic carbocycles. The van der Waals surface area contributed by atoms with E-state index in [-0.39, 0.29) is 12.7 Å². The van der Waals surface area contributed by atoms with Gasteiger partial charge in [-0.2, -0.15) is 0 Å². The molecule has 0 fully saturated rings. The van der Waals surface area contributed by atoms with Crippen molar-refractivity contribution in [2.75, 3.05) is 25.7 Å². The van der Waals surface area contributed by atoms with E-state index < -0.39 is 6.03 Å². The van der Waals surface area contributed by atoms with E-state index in [0.717, 1.165) is 11.3 Å². The maximum atomic E-state index is 12.1. The van der Waals surface area contributed by atoms with Crippen molar-refractivity contribution in [3.05, 3.63) is 52.5 Å². The first kappa shape index (κ1) is 17.9. The number of hydrogen-bond acceptors (Lipinski definition) is 4. The lowest BCUT2D eigenvalue weighted by atomic mass is 10.1. The molecule has 1 heterocycles. The Balaban J connectivity index is 1.53. The molecule has 1 aliphatic rings. The van der Waals surface area contributed by atoms with Crippen LogP contribution in [0, 0.1) is 0 Å². The average molecular weight is 376 g/mol. The SMILES string of the molecule is CNC(=O)c1ccc(Cl)c(NC(=O)NCCc2ccc3c(c2)OCO3)c1. The van der Waals surface area contributed by atoms with Crippen LogP contribution in [0.5, 0.6) is 11.5 Å². The van der Waals surface area contributed by atoms with Gasteiger partial charge < -0.3 is 25.4 Å². The molecule has 0 spiro atoms. The molecule has 3 rings (SSSR count). The van der Waals surface area contributed by atoms with E-state index in [1.54, 1.807) is 12.1 Å². The van der Waals surface area contributed by atoms with Crippen molar-refractivity contribution in [3.63, 3.8) is 0 Å². The molecule has 3 amide bonds. The fourth-order valence-electron chi connectivity index (χ4n) is 2.49. The summed E-state index contributed by atoms with van der Waals surface area (Å²) in [4.78, 5) is 23.7. The number of hydrogen-bond donors (Lipinski definition) is 3. The predicted molar refractivity (Wildman–Crippen MR) is 98.1 cm³/mol. The number of rotatable bonds is 5. The van der Waals surface area contributed by atoms with Gasteiger partial charge in [0.05, 0.1) is 10.7 Å². The highest BCUT2D eigenvalue weighted by molar-refractivity contribution is 6.33.